The molecule has 34 heavy (non-hydrogen) atoms. The molecule has 4 aromatic rings. The lowest BCUT2D eigenvalue weighted by Gasteiger charge is -2.17. The van der Waals surface area contributed by atoms with Gasteiger partial charge in [0.05, 0.1) is 21.7 Å². The highest BCUT2D eigenvalue weighted by molar-refractivity contribution is 5.81. The summed E-state index contributed by atoms with van der Waals surface area (Å²) in [7, 11) is 0. The zero-order valence-electron chi connectivity index (χ0n) is 17.3. The molecule has 0 spiro atoms. The molecule has 2 N–H and O–H groups in total. The van der Waals surface area contributed by atoms with Gasteiger partial charge >= 0.3 is 11.9 Å². The number of aromatic nitrogens is 4. The topological polar surface area (TPSA) is 135 Å². The Bertz CT molecular complexity index is 1410. The van der Waals surface area contributed by atoms with Crippen LogP contribution in [0, 0.1) is 17.0 Å². The number of phenols is 2. The van der Waals surface area contributed by atoms with Crippen LogP contribution in [0.5, 0.6) is 11.5 Å². The maximum absolute atomic E-state index is 14.0. The lowest BCUT2D eigenvalue weighted by atomic mass is 9.98. The Morgan fingerprint density at radius 1 is 0.941 bits per heavy atom. The molecule has 0 fully saturated rings. The van der Waals surface area contributed by atoms with Crippen LogP contribution in [0.4, 0.5) is 18.9 Å². The number of pyridine rings is 1. The van der Waals surface area contributed by atoms with Crippen LogP contribution >= 0.6 is 0 Å². The number of benzene rings is 2. The van der Waals surface area contributed by atoms with Gasteiger partial charge in [-0.05, 0) is 19.1 Å². The minimum absolute atomic E-state index is 0.00962. The van der Waals surface area contributed by atoms with Crippen LogP contribution in [0.1, 0.15) is 11.3 Å². The summed E-state index contributed by atoms with van der Waals surface area (Å²) in [6, 6.07) is 10.9. The second kappa shape index (κ2) is 8.39. The first-order valence-electron chi connectivity index (χ1n) is 9.60. The lowest BCUT2D eigenvalue weighted by Crippen LogP contribution is -2.12. The van der Waals surface area contributed by atoms with Crippen molar-refractivity contribution in [1.29, 1.82) is 0 Å². The fraction of sp³-hybridized carbons (Fsp3) is 0.0909. The van der Waals surface area contributed by atoms with Crippen LogP contribution in [0.15, 0.2) is 54.9 Å². The number of aromatic hydroxyl groups is 2. The molecule has 0 amide bonds. The predicted molar refractivity (Wildman–Crippen MR) is 114 cm³/mol. The van der Waals surface area contributed by atoms with E-state index in [1.807, 2.05) is 0 Å². The number of alkyl halides is 3. The van der Waals surface area contributed by atoms with Gasteiger partial charge in [-0.15, -0.1) is 0 Å². The van der Waals surface area contributed by atoms with Crippen LogP contribution in [0.25, 0.3) is 34.0 Å². The Morgan fingerprint density at radius 3 is 2.26 bits per heavy atom. The first-order chi connectivity index (χ1) is 16.1. The second-order valence-corrected chi connectivity index (χ2v) is 7.15. The fourth-order valence-electron chi connectivity index (χ4n) is 3.36. The van der Waals surface area contributed by atoms with Gasteiger partial charge in [0.25, 0.3) is 0 Å². The highest BCUT2D eigenvalue weighted by Crippen LogP contribution is 2.42. The zero-order valence-corrected chi connectivity index (χ0v) is 17.3. The summed E-state index contributed by atoms with van der Waals surface area (Å²) >= 11 is 0. The SMILES string of the molecule is Cc1cc(C(F)(F)F)c(-c2ncnc(-c3cc(O)c(O)c([N+](=O)[O-])c3)n2)c(-c2ccccc2)n1. The number of phenolic OH excluding ortho intramolecular Hbond substituents is 2. The van der Waals surface area contributed by atoms with Crippen molar-refractivity contribution in [2.45, 2.75) is 13.1 Å². The van der Waals surface area contributed by atoms with Crippen molar-refractivity contribution >= 4 is 5.69 Å². The van der Waals surface area contributed by atoms with Gasteiger partial charge in [-0.3, -0.25) is 15.1 Å². The maximum Gasteiger partial charge on any atom is 0.417 e. The number of nitrogens with zero attached hydrogens (tertiary/aromatic N) is 5. The average Bonchev–Trinajstić information content (AvgIpc) is 2.80. The molecule has 0 aliphatic heterocycles. The van der Waals surface area contributed by atoms with Crippen LogP contribution in [-0.2, 0) is 6.18 Å². The Kier molecular flexibility index (Phi) is 5.57. The van der Waals surface area contributed by atoms with Gasteiger partial charge in [0.1, 0.15) is 6.33 Å². The monoisotopic (exact) mass is 469 g/mol. The summed E-state index contributed by atoms with van der Waals surface area (Å²) < 4.78 is 42.1. The predicted octanol–water partition coefficient (Wildman–Crippen LogP) is 4.91. The minimum atomic E-state index is -4.77. The highest BCUT2D eigenvalue weighted by Gasteiger charge is 2.37. The first-order valence-corrected chi connectivity index (χ1v) is 9.60. The molecule has 0 bridgehead atoms. The minimum Gasteiger partial charge on any atom is -0.504 e. The van der Waals surface area contributed by atoms with E-state index in [1.165, 1.54) is 6.92 Å². The molecule has 0 unspecified atom stereocenters. The summed E-state index contributed by atoms with van der Waals surface area (Å²) in [5, 5.41) is 30.8. The molecule has 0 saturated heterocycles. The second-order valence-electron chi connectivity index (χ2n) is 7.15. The number of hydrogen-bond donors (Lipinski definition) is 2. The van der Waals surface area contributed by atoms with Gasteiger partial charge < -0.3 is 10.2 Å². The molecule has 2 aromatic carbocycles. The summed E-state index contributed by atoms with van der Waals surface area (Å²) in [4.78, 5) is 26.4. The molecule has 0 aliphatic rings. The highest BCUT2D eigenvalue weighted by atomic mass is 19.4. The molecule has 0 saturated carbocycles. The third-order valence-electron chi connectivity index (χ3n) is 4.82. The van der Waals surface area contributed by atoms with Crippen LogP contribution in [0.3, 0.4) is 0 Å². The number of rotatable bonds is 4. The third kappa shape index (κ3) is 4.20. The first kappa shape index (κ1) is 22.6. The molecular weight excluding hydrogens is 455 g/mol. The smallest absolute Gasteiger partial charge is 0.417 e. The van der Waals surface area contributed by atoms with Crippen LogP contribution in [0.2, 0.25) is 0 Å². The molecule has 9 nitrogen and oxygen atoms in total. The average molecular weight is 469 g/mol. The van der Waals surface area contributed by atoms with Gasteiger partial charge in [-0.2, -0.15) is 13.2 Å². The maximum atomic E-state index is 14.0. The van der Waals surface area contributed by atoms with Crippen LogP contribution < -0.4 is 0 Å². The Morgan fingerprint density at radius 2 is 1.62 bits per heavy atom. The largest absolute Gasteiger partial charge is 0.504 e. The van der Waals surface area contributed by atoms with Gasteiger partial charge in [0.2, 0.25) is 5.75 Å². The number of nitro benzene ring substituents is 1. The van der Waals surface area contributed by atoms with E-state index in [9.17, 15) is 33.5 Å². The summed E-state index contributed by atoms with van der Waals surface area (Å²) in [5.41, 5.74) is -1.84. The molecule has 12 heteroatoms. The molecule has 2 aromatic heterocycles. The van der Waals surface area contributed by atoms with E-state index < -0.39 is 39.4 Å². The number of halogens is 3. The van der Waals surface area contributed by atoms with Gasteiger partial charge in [-0.25, -0.2) is 15.0 Å². The van der Waals surface area contributed by atoms with E-state index in [2.05, 4.69) is 19.9 Å². The standard InChI is InChI=1S/C22H14F3N5O4/c1-11-7-14(22(23,24)25)17(18(28-11)12-5-3-2-4-6-12)21-27-10-26-20(29-21)13-8-15(30(33)34)19(32)16(31)9-13/h2-10,31-32H,1H3. The van der Waals surface area contributed by atoms with E-state index in [4.69, 9.17) is 0 Å². The van der Waals surface area contributed by atoms with Gasteiger partial charge in [-0.1, -0.05) is 30.3 Å². The van der Waals surface area contributed by atoms with E-state index >= 15 is 0 Å². The normalized spacial score (nSPS) is 11.4. The van der Waals surface area contributed by atoms with Gasteiger partial charge in [0, 0.05) is 22.9 Å². The summed E-state index contributed by atoms with van der Waals surface area (Å²) in [5.74, 6) is -2.41. The number of hydrogen-bond acceptors (Lipinski definition) is 8. The summed E-state index contributed by atoms with van der Waals surface area (Å²) in [6.07, 6.45) is -3.82. The number of nitro groups is 1. The molecule has 2 heterocycles. The quantitative estimate of drug-likeness (QED) is 0.244. The summed E-state index contributed by atoms with van der Waals surface area (Å²) in [6.45, 7) is 1.43. The zero-order chi connectivity index (χ0) is 24.6. The molecule has 0 aliphatic carbocycles. The van der Waals surface area contributed by atoms with Crippen molar-refractivity contribution in [1.82, 2.24) is 19.9 Å². The van der Waals surface area contributed by atoms with E-state index in [0.717, 1.165) is 24.5 Å². The fourth-order valence-corrected chi connectivity index (χ4v) is 3.36. The van der Waals surface area contributed by atoms with Gasteiger partial charge in [0.15, 0.2) is 17.4 Å². The number of aryl methyl sites for hydroxylation is 1. The third-order valence-corrected chi connectivity index (χ3v) is 4.82. The van der Waals surface area contributed by atoms with Crippen molar-refractivity contribution in [3.8, 4) is 45.5 Å². The Balaban J connectivity index is 1.99. The van der Waals surface area contributed by atoms with Crippen molar-refractivity contribution in [3.63, 3.8) is 0 Å². The van der Waals surface area contributed by atoms with Crippen molar-refractivity contribution in [2.24, 2.45) is 0 Å². The lowest BCUT2D eigenvalue weighted by molar-refractivity contribution is -0.385. The van der Waals surface area contributed by atoms with Crippen LogP contribution in [-0.4, -0.2) is 35.1 Å². The van der Waals surface area contributed by atoms with E-state index in [-0.39, 0.29) is 28.6 Å². The molecule has 0 atom stereocenters. The van der Waals surface area contributed by atoms with Crippen molar-refractivity contribution in [3.05, 3.63) is 76.2 Å². The molecular formula is C22H14F3N5O4. The molecule has 172 valence electrons. The molecule has 0 radical (unpaired) electrons. The molecule has 4 rings (SSSR count). The van der Waals surface area contributed by atoms with E-state index in [0.29, 0.717) is 5.56 Å². The Hall–Kier alpha value is -4.61. The Labute approximate surface area is 189 Å². The van der Waals surface area contributed by atoms with Crippen molar-refractivity contribution in [2.75, 3.05) is 0 Å². The van der Waals surface area contributed by atoms with E-state index in [1.54, 1.807) is 30.3 Å². The van der Waals surface area contributed by atoms with Crippen molar-refractivity contribution < 1.29 is 28.3 Å².